The van der Waals surface area contributed by atoms with Gasteiger partial charge in [-0.25, -0.2) is 0 Å². The molecule has 0 unspecified atom stereocenters. The van der Waals surface area contributed by atoms with E-state index in [4.69, 9.17) is 0 Å². The molecule has 0 aromatic heterocycles. The second-order valence-corrected chi connectivity index (χ2v) is 9.43. The maximum atomic E-state index is 2.46. The van der Waals surface area contributed by atoms with Crippen LogP contribution in [0.15, 0.2) is 0 Å². The van der Waals surface area contributed by atoms with Crippen molar-refractivity contribution in [1.82, 2.24) is 0 Å². The Balaban J connectivity index is 3.79. The van der Waals surface area contributed by atoms with Gasteiger partial charge < -0.3 is 0 Å². The van der Waals surface area contributed by atoms with E-state index in [2.05, 4.69) is 33.8 Å². The van der Waals surface area contributed by atoms with E-state index in [1.807, 2.05) is 0 Å². The second-order valence-electron chi connectivity index (χ2n) is 3.88. The van der Waals surface area contributed by atoms with Crippen LogP contribution in [0.3, 0.4) is 0 Å². The molecule has 0 radical (unpaired) electrons. The molecule has 0 N–H and O–H groups in total. The SMILES string of the molecule is CCC(CC)[PH](C)(C)C. The summed E-state index contributed by atoms with van der Waals surface area (Å²) in [4.78, 5) is 0. The normalized spacial score (nSPS) is 14.4. The van der Waals surface area contributed by atoms with E-state index in [0.29, 0.717) is 0 Å². The molecule has 0 fully saturated rings. The van der Waals surface area contributed by atoms with Crippen molar-refractivity contribution in [1.29, 1.82) is 0 Å². The van der Waals surface area contributed by atoms with Crippen LogP contribution in [-0.2, 0) is 0 Å². The predicted molar refractivity (Wildman–Crippen MR) is 50.5 cm³/mol. The van der Waals surface area contributed by atoms with Gasteiger partial charge in [0.25, 0.3) is 0 Å². The molecule has 0 saturated heterocycles. The van der Waals surface area contributed by atoms with Gasteiger partial charge in [0.05, 0.1) is 0 Å². The van der Waals surface area contributed by atoms with Gasteiger partial charge in [0.2, 0.25) is 0 Å². The van der Waals surface area contributed by atoms with Crippen LogP contribution in [0.2, 0.25) is 0 Å². The fourth-order valence-corrected chi connectivity index (χ4v) is 3.96. The van der Waals surface area contributed by atoms with Crippen molar-refractivity contribution < 1.29 is 0 Å². The van der Waals surface area contributed by atoms with Gasteiger partial charge in [-0.15, -0.1) is 0 Å². The Morgan fingerprint density at radius 2 is 1.33 bits per heavy atom. The first-order chi connectivity index (χ1) is 4.02. The monoisotopic (exact) mass is 148 g/mol. The predicted octanol–water partition coefficient (Wildman–Crippen LogP) is 2.81. The van der Waals surface area contributed by atoms with Gasteiger partial charge >= 0.3 is 59.6 Å². The Hall–Kier alpha value is 0.430. The molecule has 0 aromatic rings. The van der Waals surface area contributed by atoms with Crippen LogP contribution in [0, 0.1) is 0 Å². The molecule has 9 heavy (non-hydrogen) atoms. The number of rotatable bonds is 3. The van der Waals surface area contributed by atoms with Crippen molar-refractivity contribution in [2.24, 2.45) is 0 Å². The minimum absolute atomic E-state index is 0.787. The van der Waals surface area contributed by atoms with Crippen LogP contribution in [-0.4, -0.2) is 25.7 Å². The number of hydrogen-bond donors (Lipinski definition) is 0. The molecule has 0 aromatic carbocycles. The molecular weight excluding hydrogens is 127 g/mol. The van der Waals surface area contributed by atoms with E-state index in [1.54, 1.807) is 0 Å². The molecule has 0 aliphatic rings. The molecule has 0 bridgehead atoms. The Morgan fingerprint density at radius 1 is 1.00 bits per heavy atom. The van der Waals surface area contributed by atoms with Crippen molar-refractivity contribution in [2.45, 2.75) is 32.3 Å². The van der Waals surface area contributed by atoms with E-state index in [0.717, 1.165) is 5.66 Å². The quantitative estimate of drug-likeness (QED) is 0.540. The molecule has 58 valence electrons. The molecule has 0 rings (SSSR count). The molecule has 0 heterocycles. The fourth-order valence-electron chi connectivity index (χ4n) is 1.51. The Kier molecular flexibility index (Phi) is 3.73. The first kappa shape index (κ1) is 9.43. The summed E-state index contributed by atoms with van der Waals surface area (Å²) in [6.45, 7) is 12.0. The van der Waals surface area contributed by atoms with Gasteiger partial charge in [0, 0.05) is 0 Å². The van der Waals surface area contributed by atoms with Gasteiger partial charge in [0.15, 0.2) is 0 Å². The van der Waals surface area contributed by atoms with Crippen LogP contribution < -0.4 is 0 Å². The molecule has 0 atom stereocenters. The molecule has 0 aliphatic carbocycles. The number of hydrogen-bond acceptors (Lipinski definition) is 0. The van der Waals surface area contributed by atoms with E-state index < -0.39 is 7.26 Å². The van der Waals surface area contributed by atoms with E-state index in [-0.39, 0.29) is 0 Å². The summed E-state index contributed by atoms with van der Waals surface area (Å²) in [6, 6.07) is 0. The molecule has 0 aliphatic heterocycles. The standard InChI is InChI=1S/C8H21P/c1-6-8(7-2)9(3,4)5/h8-9H,6-7H2,1-5H3. The van der Waals surface area contributed by atoms with Crippen LogP contribution >= 0.6 is 7.26 Å². The van der Waals surface area contributed by atoms with Crippen molar-refractivity contribution in [2.75, 3.05) is 20.0 Å². The maximum absolute atomic E-state index is 2.46. The summed E-state index contributed by atoms with van der Waals surface area (Å²) in [7, 11) is -0.787. The third kappa shape index (κ3) is 3.20. The second kappa shape index (κ2) is 3.56. The first-order valence-corrected chi connectivity index (χ1v) is 7.60. The van der Waals surface area contributed by atoms with Gasteiger partial charge in [-0.2, -0.15) is 0 Å². The summed E-state index contributed by atoms with van der Waals surface area (Å²) < 4.78 is 0. The molecule has 1 heteroatoms. The fraction of sp³-hybridized carbons (Fsp3) is 1.00. The average molecular weight is 148 g/mol. The van der Waals surface area contributed by atoms with Crippen molar-refractivity contribution in [3.63, 3.8) is 0 Å². The van der Waals surface area contributed by atoms with Crippen molar-refractivity contribution >= 4 is 7.26 Å². The first-order valence-electron chi connectivity index (χ1n) is 4.02. The van der Waals surface area contributed by atoms with Crippen LogP contribution in [0.4, 0.5) is 0 Å². The Bertz CT molecular complexity index is 67.1. The summed E-state index contributed by atoms with van der Waals surface area (Å²) in [6.07, 6.45) is 2.76. The molecular formula is C8H21P. The summed E-state index contributed by atoms with van der Waals surface area (Å²) >= 11 is 0. The summed E-state index contributed by atoms with van der Waals surface area (Å²) in [5.41, 5.74) is 1.04. The Morgan fingerprint density at radius 3 is 1.33 bits per heavy atom. The zero-order valence-electron chi connectivity index (χ0n) is 7.49. The van der Waals surface area contributed by atoms with Crippen LogP contribution in [0.1, 0.15) is 26.7 Å². The average Bonchev–Trinajstić information content (AvgIpc) is 1.65. The summed E-state index contributed by atoms with van der Waals surface area (Å²) in [5.74, 6) is 0. The molecule has 0 nitrogen and oxygen atoms in total. The topological polar surface area (TPSA) is 0 Å². The third-order valence-corrected chi connectivity index (χ3v) is 5.48. The third-order valence-electron chi connectivity index (χ3n) is 2.21. The van der Waals surface area contributed by atoms with Crippen molar-refractivity contribution in [3.05, 3.63) is 0 Å². The Labute approximate surface area is 60.4 Å². The van der Waals surface area contributed by atoms with Crippen molar-refractivity contribution in [3.8, 4) is 0 Å². The summed E-state index contributed by atoms with van der Waals surface area (Å²) in [5, 5.41) is 0. The van der Waals surface area contributed by atoms with Crippen LogP contribution in [0.5, 0.6) is 0 Å². The van der Waals surface area contributed by atoms with Gasteiger partial charge in [-0.1, -0.05) is 0 Å². The minimum atomic E-state index is -0.787. The van der Waals surface area contributed by atoms with Gasteiger partial charge in [0.1, 0.15) is 0 Å². The molecule has 0 amide bonds. The zero-order chi connectivity index (χ0) is 7.49. The zero-order valence-corrected chi connectivity index (χ0v) is 8.49. The van der Waals surface area contributed by atoms with Gasteiger partial charge in [-0.05, 0) is 0 Å². The van der Waals surface area contributed by atoms with E-state index in [1.165, 1.54) is 12.8 Å². The van der Waals surface area contributed by atoms with Gasteiger partial charge in [-0.3, -0.25) is 0 Å². The van der Waals surface area contributed by atoms with E-state index >= 15 is 0 Å². The molecule has 0 spiro atoms. The van der Waals surface area contributed by atoms with Crippen LogP contribution in [0.25, 0.3) is 0 Å². The van der Waals surface area contributed by atoms with E-state index in [9.17, 15) is 0 Å². The molecule has 0 saturated carbocycles.